The summed E-state index contributed by atoms with van der Waals surface area (Å²) in [5.41, 5.74) is 5.12. The average Bonchev–Trinajstić information content (AvgIpc) is 3.23. The molecule has 0 bridgehead atoms. The van der Waals surface area contributed by atoms with Gasteiger partial charge in [0.1, 0.15) is 7.05 Å². The van der Waals surface area contributed by atoms with Crippen LogP contribution < -0.4 is 4.57 Å². The van der Waals surface area contributed by atoms with Gasteiger partial charge in [-0.15, -0.1) is 0 Å². The van der Waals surface area contributed by atoms with Crippen LogP contribution in [0.15, 0.2) is 59.1 Å². The Labute approximate surface area is 194 Å². The highest BCUT2D eigenvalue weighted by Crippen LogP contribution is 2.43. The monoisotopic (exact) mass is 425 g/mol. The van der Waals surface area contributed by atoms with Gasteiger partial charge in [0.05, 0.1) is 5.56 Å². The van der Waals surface area contributed by atoms with Crippen LogP contribution in [-0.2, 0) is 7.05 Å². The number of fused-ring (bicyclic) bond motifs is 5. The zero-order chi connectivity index (χ0) is 25.2. The highest BCUT2D eigenvalue weighted by molar-refractivity contribution is 6.22. The summed E-state index contributed by atoms with van der Waals surface area (Å²) in [6, 6.07) is 15.9. The van der Waals surface area contributed by atoms with Crippen molar-refractivity contribution in [2.45, 2.75) is 51.8 Å². The van der Waals surface area contributed by atoms with E-state index in [9.17, 15) is 1.37 Å². The number of aryl methyl sites for hydroxylation is 3. The molecule has 0 spiro atoms. The third-order valence-corrected chi connectivity index (χ3v) is 7.03. The lowest BCUT2D eigenvalue weighted by molar-refractivity contribution is -0.660. The van der Waals surface area contributed by atoms with Gasteiger partial charge in [-0.05, 0) is 66.5 Å². The fraction of sp³-hybridized carbons (Fsp3) is 0.310. The predicted molar refractivity (Wildman–Crippen MR) is 131 cm³/mol. The van der Waals surface area contributed by atoms with Crippen molar-refractivity contribution in [3.05, 3.63) is 71.5 Å². The van der Waals surface area contributed by atoms with Gasteiger partial charge in [-0.2, -0.15) is 0 Å². The number of rotatable bonds is 2. The van der Waals surface area contributed by atoms with Crippen LogP contribution in [0.25, 0.3) is 44.1 Å². The molecule has 3 aromatic heterocycles. The molecule has 5 aromatic rings. The number of hydrogen-bond donors (Lipinski definition) is 0. The average molecular weight is 426 g/mol. The van der Waals surface area contributed by atoms with Crippen LogP contribution in [0.3, 0.4) is 0 Å². The fourth-order valence-corrected chi connectivity index (χ4v) is 5.37. The molecule has 0 N–H and O–H groups in total. The summed E-state index contributed by atoms with van der Waals surface area (Å²) in [6.07, 6.45) is 7.16. The second-order valence-electron chi connectivity index (χ2n) is 8.98. The van der Waals surface area contributed by atoms with Crippen molar-refractivity contribution < 1.29 is 14.5 Å². The number of benzene rings is 2. The van der Waals surface area contributed by atoms with Gasteiger partial charge in [-0.3, -0.25) is 0 Å². The molecule has 0 unspecified atom stereocenters. The molecular weight excluding hydrogens is 392 g/mol. The molecular formula is C29H29N2O+. The molecule has 0 atom stereocenters. The molecule has 0 amide bonds. The second kappa shape index (κ2) is 7.44. The van der Waals surface area contributed by atoms with Crippen molar-refractivity contribution in [2.75, 3.05) is 0 Å². The van der Waals surface area contributed by atoms with Gasteiger partial charge in [0.25, 0.3) is 0 Å². The van der Waals surface area contributed by atoms with Crippen molar-refractivity contribution in [3.63, 3.8) is 0 Å². The molecule has 1 aliphatic rings. The fourth-order valence-electron chi connectivity index (χ4n) is 5.37. The van der Waals surface area contributed by atoms with Gasteiger partial charge in [0.15, 0.2) is 11.8 Å². The highest BCUT2D eigenvalue weighted by atomic mass is 16.3. The zero-order valence-electron chi connectivity index (χ0n) is 22.5. The lowest BCUT2D eigenvalue weighted by atomic mass is 9.83. The van der Waals surface area contributed by atoms with Gasteiger partial charge in [-0.25, -0.2) is 9.55 Å². The minimum atomic E-state index is -2.31. The van der Waals surface area contributed by atoms with Crippen LogP contribution >= 0.6 is 0 Å². The smallest absolute Gasteiger partial charge is 0.227 e. The Hall–Kier alpha value is -3.20. The Kier molecular flexibility index (Phi) is 3.62. The van der Waals surface area contributed by atoms with Gasteiger partial charge in [0, 0.05) is 34.1 Å². The topological polar surface area (TPSA) is 29.9 Å². The summed E-state index contributed by atoms with van der Waals surface area (Å²) in [4.78, 5) is 4.41. The second-order valence-corrected chi connectivity index (χ2v) is 8.98. The molecule has 6 rings (SSSR count). The van der Waals surface area contributed by atoms with E-state index in [1.165, 1.54) is 6.42 Å². The summed E-state index contributed by atoms with van der Waals surface area (Å²) in [5.74, 6) is -0.574. The normalized spacial score (nSPS) is 18.4. The summed E-state index contributed by atoms with van der Waals surface area (Å²) in [6.45, 7) is -0.202. The summed E-state index contributed by atoms with van der Waals surface area (Å²) in [7, 11) is 2.02. The van der Waals surface area contributed by atoms with Gasteiger partial charge in [-0.1, -0.05) is 43.5 Å². The lowest BCUT2D eigenvalue weighted by Gasteiger charge is -2.22. The molecule has 3 heteroatoms. The SMILES string of the molecule is [2H]C([2H])([2H])c1ccc2c(n1)oc1c(-c3cc(C4([2H])CCCCC4)cc[n+]3C)c(C)c3ccccc3c12. The Morgan fingerprint density at radius 2 is 1.84 bits per heavy atom. The summed E-state index contributed by atoms with van der Waals surface area (Å²) >= 11 is 0. The maximum absolute atomic E-state index is 9.21. The van der Waals surface area contributed by atoms with Crippen LogP contribution in [0.2, 0.25) is 0 Å². The molecule has 0 radical (unpaired) electrons. The van der Waals surface area contributed by atoms with Crippen molar-refractivity contribution in [1.29, 1.82) is 0 Å². The van der Waals surface area contributed by atoms with Crippen LogP contribution in [0.1, 0.15) is 60.3 Å². The Morgan fingerprint density at radius 1 is 1.03 bits per heavy atom. The molecule has 0 saturated heterocycles. The van der Waals surface area contributed by atoms with Gasteiger partial charge in [0.2, 0.25) is 11.4 Å². The molecule has 3 nitrogen and oxygen atoms in total. The largest absolute Gasteiger partial charge is 0.437 e. The van der Waals surface area contributed by atoms with E-state index in [1.807, 2.05) is 31.4 Å². The molecule has 2 aromatic carbocycles. The first-order valence-electron chi connectivity index (χ1n) is 13.4. The molecule has 32 heavy (non-hydrogen) atoms. The third-order valence-electron chi connectivity index (χ3n) is 7.03. The third kappa shape index (κ3) is 2.95. The van der Waals surface area contributed by atoms with E-state index in [1.54, 1.807) is 6.07 Å². The van der Waals surface area contributed by atoms with Gasteiger partial charge >= 0.3 is 0 Å². The van der Waals surface area contributed by atoms with Crippen LogP contribution in [0.5, 0.6) is 0 Å². The van der Waals surface area contributed by atoms with Crippen LogP contribution in [0, 0.1) is 13.8 Å². The van der Waals surface area contributed by atoms with Gasteiger partial charge < -0.3 is 4.42 Å². The van der Waals surface area contributed by atoms with Crippen molar-refractivity contribution >= 4 is 32.8 Å². The number of hydrogen-bond acceptors (Lipinski definition) is 2. The molecule has 1 saturated carbocycles. The predicted octanol–water partition coefficient (Wildman–Crippen LogP) is 7.29. The number of aromatic nitrogens is 2. The first kappa shape index (κ1) is 15.6. The van der Waals surface area contributed by atoms with Crippen LogP contribution in [-0.4, -0.2) is 4.98 Å². The molecule has 160 valence electrons. The molecule has 3 heterocycles. The number of furan rings is 1. The maximum atomic E-state index is 9.21. The summed E-state index contributed by atoms with van der Waals surface area (Å²) < 4.78 is 41.1. The standard InChI is InChI=1S/C29H29N2O/c1-18-13-14-24-27-23-12-8-7-11-22(23)19(2)26(28(27)32-29(24)30-18)25-17-21(15-16-31(25)3)20-9-5-4-6-10-20/h7-8,11-17,20H,4-6,9-10H2,1-3H3/q+1/i1D3,20D. The molecule has 1 aliphatic carbocycles. The first-order chi connectivity index (χ1) is 17.2. The zero-order valence-corrected chi connectivity index (χ0v) is 18.5. The summed E-state index contributed by atoms with van der Waals surface area (Å²) in [5, 5.41) is 3.91. The minimum Gasteiger partial charge on any atom is -0.437 e. The van der Waals surface area contributed by atoms with Crippen molar-refractivity contribution in [3.8, 4) is 11.3 Å². The first-order valence-corrected chi connectivity index (χ1v) is 11.4. The van der Waals surface area contributed by atoms with Crippen LogP contribution in [0.4, 0.5) is 0 Å². The lowest BCUT2D eigenvalue weighted by Crippen LogP contribution is -2.31. The van der Waals surface area contributed by atoms with E-state index in [-0.39, 0.29) is 5.69 Å². The Bertz CT molecular complexity index is 1650. The van der Waals surface area contributed by atoms with E-state index in [0.717, 1.165) is 69.6 Å². The maximum Gasteiger partial charge on any atom is 0.227 e. The van der Waals surface area contributed by atoms with E-state index in [0.29, 0.717) is 11.3 Å². The molecule has 1 fully saturated rings. The highest BCUT2D eigenvalue weighted by Gasteiger charge is 2.26. The minimum absolute atomic E-state index is 0.0256. The van der Waals surface area contributed by atoms with E-state index >= 15 is 0 Å². The number of nitrogens with zero attached hydrogens (tertiary/aromatic N) is 2. The Balaban J connectivity index is 1.70. The quantitative estimate of drug-likeness (QED) is 0.278. The van der Waals surface area contributed by atoms with E-state index in [4.69, 9.17) is 8.53 Å². The molecule has 0 aliphatic heterocycles. The van der Waals surface area contributed by atoms with E-state index < -0.39 is 12.7 Å². The van der Waals surface area contributed by atoms with E-state index in [2.05, 4.69) is 40.7 Å². The van der Waals surface area contributed by atoms with Crippen molar-refractivity contribution in [2.24, 2.45) is 7.05 Å². The van der Waals surface area contributed by atoms with Crippen molar-refractivity contribution in [1.82, 2.24) is 4.98 Å². The Morgan fingerprint density at radius 3 is 2.66 bits per heavy atom. The number of pyridine rings is 2.